The second-order valence-electron chi connectivity index (χ2n) is 7.12. The van der Waals surface area contributed by atoms with Crippen LogP contribution in [0, 0.1) is 10.1 Å². The van der Waals surface area contributed by atoms with E-state index in [9.17, 15) is 19.7 Å². The largest absolute Gasteiger partial charge is 0.465 e. The van der Waals surface area contributed by atoms with Crippen molar-refractivity contribution in [2.24, 2.45) is 0 Å². The number of amides is 1. The molecule has 34 heavy (non-hydrogen) atoms. The molecule has 0 saturated carbocycles. The molecule has 2 aromatic heterocycles. The maximum absolute atomic E-state index is 12.6. The topological polar surface area (TPSA) is 116 Å². The Bertz CT molecular complexity index is 1380. The molecule has 4 aromatic rings. The lowest BCUT2D eigenvalue weighted by molar-refractivity contribution is -0.384. The number of hydrogen-bond acceptors (Lipinski definition) is 6. The number of hydrogen-bond donors (Lipinski definition) is 1. The number of nitrogens with one attached hydrogen (secondary N) is 1. The molecule has 1 amide bonds. The van der Waals surface area contributed by atoms with E-state index in [0.29, 0.717) is 34.1 Å². The molecule has 8 nitrogen and oxygen atoms in total. The van der Waals surface area contributed by atoms with Crippen molar-refractivity contribution >= 4 is 35.2 Å². The summed E-state index contributed by atoms with van der Waals surface area (Å²) >= 11 is 0. The van der Waals surface area contributed by atoms with Crippen LogP contribution in [0.3, 0.4) is 0 Å². The van der Waals surface area contributed by atoms with Crippen LogP contribution < -0.4 is 5.32 Å². The molecule has 0 radical (unpaired) electrons. The van der Waals surface area contributed by atoms with Gasteiger partial charge in [0.05, 0.1) is 11.2 Å². The third kappa shape index (κ3) is 5.63. The van der Waals surface area contributed by atoms with Gasteiger partial charge in [-0.2, -0.15) is 0 Å². The van der Waals surface area contributed by atoms with Crippen LogP contribution in [0.15, 0.2) is 100 Å². The third-order valence-electron chi connectivity index (χ3n) is 4.75. The van der Waals surface area contributed by atoms with Gasteiger partial charge in [-0.1, -0.05) is 12.1 Å². The Kier molecular flexibility index (Phi) is 6.60. The number of carbonyl (C=O) groups is 2. The molecule has 0 spiro atoms. The van der Waals surface area contributed by atoms with Gasteiger partial charge >= 0.3 is 0 Å². The van der Waals surface area contributed by atoms with E-state index in [0.717, 1.165) is 0 Å². The number of nitro benzene ring substituents is 1. The minimum Gasteiger partial charge on any atom is -0.465 e. The summed E-state index contributed by atoms with van der Waals surface area (Å²) in [7, 11) is 0. The molecule has 0 unspecified atom stereocenters. The Labute approximate surface area is 194 Å². The van der Waals surface area contributed by atoms with E-state index in [-0.39, 0.29) is 17.4 Å². The molecular formula is C26H18N2O6. The summed E-state index contributed by atoms with van der Waals surface area (Å²) in [5, 5.41) is 13.5. The molecule has 0 bridgehead atoms. The van der Waals surface area contributed by atoms with E-state index >= 15 is 0 Å². The van der Waals surface area contributed by atoms with E-state index in [4.69, 9.17) is 8.83 Å². The van der Waals surface area contributed by atoms with Gasteiger partial charge in [0, 0.05) is 35.0 Å². The van der Waals surface area contributed by atoms with E-state index in [2.05, 4.69) is 5.32 Å². The standard InChI is InChI=1S/C26H18N2O6/c29-24(13-10-23-11-14-25(34-23)18-6-8-21(9-7-18)28(31)32)19-3-1-4-20(17-19)27-26(30)15-12-22-5-2-16-33-22/h1-17H,(H,27,30)/b13-10+,15-12+. The molecule has 1 N–H and O–H groups in total. The number of anilines is 1. The van der Waals surface area contributed by atoms with Crippen molar-refractivity contribution in [3.63, 3.8) is 0 Å². The first-order valence-electron chi connectivity index (χ1n) is 10.2. The van der Waals surface area contributed by atoms with Gasteiger partial charge in [-0.3, -0.25) is 19.7 Å². The summed E-state index contributed by atoms with van der Waals surface area (Å²) in [5.74, 6) is 0.906. The molecule has 0 atom stereocenters. The molecular weight excluding hydrogens is 436 g/mol. The van der Waals surface area contributed by atoms with Crippen LogP contribution in [-0.4, -0.2) is 16.6 Å². The fraction of sp³-hybridized carbons (Fsp3) is 0. The minimum absolute atomic E-state index is 0.00649. The lowest BCUT2D eigenvalue weighted by Gasteiger charge is -2.03. The lowest BCUT2D eigenvalue weighted by atomic mass is 10.1. The highest BCUT2D eigenvalue weighted by Gasteiger charge is 2.09. The zero-order valence-electron chi connectivity index (χ0n) is 17.7. The number of allylic oxidation sites excluding steroid dienone is 1. The van der Waals surface area contributed by atoms with Crippen molar-refractivity contribution in [1.82, 2.24) is 0 Å². The van der Waals surface area contributed by atoms with Gasteiger partial charge in [0.25, 0.3) is 5.69 Å². The van der Waals surface area contributed by atoms with Gasteiger partial charge in [0.1, 0.15) is 17.3 Å². The van der Waals surface area contributed by atoms with Crippen LogP contribution in [0.25, 0.3) is 23.5 Å². The SMILES string of the molecule is O=C(/C=C/c1ccco1)Nc1cccc(C(=O)/C=C/c2ccc(-c3ccc([N+](=O)[O-])cc3)o2)c1. The number of nitro groups is 1. The van der Waals surface area contributed by atoms with Gasteiger partial charge in [-0.15, -0.1) is 0 Å². The lowest BCUT2D eigenvalue weighted by Crippen LogP contribution is -2.08. The highest BCUT2D eigenvalue weighted by atomic mass is 16.6. The maximum Gasteiger partial charge on any atom is 0.269 e. The Hall–Kier alpha value is -4.98. The minimum atomic E-state index is -0.468. The van der Waals surface area contributed by atoms with Crippen LogP contribution in [-0.2, 0) is 4.79 Å². The first kappa shape index (κ1) is 22.2. The van der Waals surface area contributed by atoms with Crippen molar-refractivity contribution in [1.29, 1.82) is 0 Å². The van der Waals surface area contributed by atoms with Crippen molar-refractivity contribution in [2.75, 3.05) is 5.32 Å². The monoisotopic (exact) mass is 454 g/mol. The average molecular weight is 454 g/mol. The smallest absolute Gasteiger partial charge is 0.269 e. The van der Waals surface area contributed by atoms with Gasteiger partial charge in [-0.25, -0.2) is 0 Å². The molecule has 0 aliphatic heterocycles. The molecule has 0 aliphatic rings. The van der Waals surface area contributed by atoms with Gasteiger partial charge < -0.3 is 14.2 Å². The average Bonchev–Trinajstić information content (AvgIpc) is 3.54. The zero-order chi connectivity index (χ0) is 23.9. The van der Waals surface area contributed by atoms with Gasteiger partial charge in [-0.05, 0) is 66.8 Å². The summed E-state index contributed by atoms with van der Waals surface area (Å²) in [6.45, 7) is 0. The normalized spacial score (nSPS) is 11.2. The number of ketones is 1. The molecule has 2 heterocycles. The molecule has 2 aromatic carbocycles. The molecule has 0 fully saturated rings. The fourth-order valence-corrected chi connectivity index (χ4v) is 3.08. The molecule has 168 valence electrons. The number of rotatable bonds is 8. The Morgan fingerprint density at radius 1 is 0.882 bits per heavy atom. The molecule has 0 aliphatic carbocycles. The second kappa shape index (κ2) is 10.1. The van der Waals surface area contributed by atoms with E-state index in [1.807, 2.05) is 0 Å². The van der Waals surface area contributed by atoms with Crippen LogP contribution >= 0.6 is 0 Å². The van der Waals surface area contributed by atoms with Crippen LogP contribution in [0.2, 0.25) is 0 Å². The predicted octanol–water partition coefficient (Wildman–Crippen LogP) is 6.00. The van der Waals surface area contributed by atoms with Crippen molar-refractivity contribution in [2.45, 2.75) is 0 Å². The van der Waals surface area contributed by atoms with E-state index < -0.39 is 4.92 Å². The predicted molar refractivity (Wildman–Crippen MR) is 127 cm³/mol. The van der Waals surface area contributed by atoms with E-state index in [1.165, 1.54) is 36.6 Å². The van der Waals surface area contributed by atoms with Crippen molar-refractivity contribution < 1.29 is 23.3 Å². The summed E-state index contributed by atoms with van der Waals surface area (Å²) in [5.41, 5.74) is 1.55. The van der Waals surface area contributed by atoms with Crippen LogP contribution in [0.5, 0.6) is 0 Å². The zero-order valence-corrected chi connectivity index (χ0v) is 17.7. The number of non-ortho nitro benzene ring substituents is 1. The maximum atomic E-state index is 12.6. The van der Waals surface area contributed by atoms with Crippen molar-refractivity contribution in [3.05, 3.63) is 118 Å². The Morgan fingerprint density at radius 3 is 2.41 bits per heavy atom. The Balaban J connectivity index is 1.39. The van der Waals surface area contributed by atoms with Crippen LogP contribution in [0.1, 0.15) is 21.9 Å². The summed E-state index contributed by atoms with van der Waals surface area (Å²) in [6, 6.07) is 19.4. The number of nitrogens with zero attached hydrogens (tertiary/aromatic N) is 1. The van der Waals surface area contributed by atoms with Gasteiger partial charge in [0.15, 0.2) is 5.78 Å². The van der Waals surface area contributed by atoms with Crippen LogP contribution in [0.4, 0.5) is 11.4 Å². The molecule has 4 rings (SSSR count). The van der Waals surface area contributed by atoms with Crippen molar-refractivity contribution in [3.8, 4) is 11.3 Å². The highest BCUT2D eigenvalue weighted by Crippen LogP contribution is 2.25. The second-order valence-corrected chi connectivity index (χ2v) is 7.12. The number of furan rings is 2. The molecule has 0 saturated heterocycles. The number of carbonyl (C=O) groups excluding carboxylic acids is 2. The Morgan fingerprint density at radius 2 is 1.68 bits per heavy atom. The first-order chi connectivity index (χ1) is 16.5. The first-order valence-corrected chi connectivity index (χ1v) is 10.2. The number of benzene rings is 2. The van der Waals surface area contributed by atoms with E-state index in [1.54, 1.807) is 66.7 Å². The summed E-state index contributed by atoms with van der Waals surface area (Å²) in [4.78, 5) is 35.0. The van der Waals surface area contributed by atoms with Gasteiger partial charge in [0.2, 0.25) is 5.91 Å². The summed E-state index contributed by atoms with van der Waals surface area (Å²) in [6.07, 6.45) is 7.30. The molecule has 8 heteroatoms. The fourth-order valence-electron chi connectivity index (χ4n) is 3.08. The quantitative estimate of drug-likeness (QED) is 0.151. The third-order valence-corrected chi connectivity index (χ3v) is 4.75. The summed E-state index contributed by atoms with van der Waals surface area (Å²) < 4.78 is 10.8. The highest BCUT2D eigenvalue weighted by molar-refractivity contribution is 6.08.